The van der Waals surface area contributed by atoms with Gasteiger partial charge in [-0.25, -0.2) is 14.6 Å². The van der Waals surface area contributed by atoms with E-state index in [2.05, 4.69) is 10.3 Å². The highest BCUT2D eigenvalue weighted by molar-refractivity contribution is 7.11. The molecule has 2 N–H and O–H groups in total. The fraction of sp³-hybridized carbons (Fsp3) is 0.583. The fourth-order valence-corrected chi connectivity index (χ4v) is 2.73. The van der Waals surface area contributed by atoms with E-state index in [1.165, 1.54) is 16.2 Å². The van der Waals surface area contributed by atoms with E-state index in [-0.39, 0.29) is 19.2 Å². The van der Waals surface area contributed by atoms with E-state index in [0.29, 0.717) is 6.61 Å². The van der Waals surface area contributed by atoms with Gasteiger partial charge in [-0.05, 0) is 13.8 Å². The van der Waals surface area contributed by atoms with Crippen molar-refractivity contribution in [2.45, 2.75) is 25.9 Å². The number of morpholine rings is 1. The van der Waals surface area contributed by atoms with E-state index in [1.54, 1.807) is 6.20 Å². The second kappa shape index (κ2) is 6.19. The molecule has 1 aliphatic rings. The molecule has 1 fully saturated rings. The van der Waals surface area contributed by atoms with Gasteiger partial charge in [0.05, 0.1) is 19.3 Å². The molecule has 1 aromatic heterocycles. The maximum atomic E-state index is 12.2. The maximum absolute atomic E-state index is 12.2. The van der Waals surface area contributed by atoms with Crippen LogP contribution in [-0.4, -0.2) is 52.8 Å². The number of nitrogens with one attached hydrogen (secondary N) is 1. The van der Waals surface area contributed by atoms with E-state index < -0.39 is 18.0 Å². The highest BCUT2D eigenvalue weighted by Gasteiger charge is 2.33. The summed E-state index contributed by atoms with van der Waals surface area (Å²) in [4.78, 5) is 29.9. The molecule has 0 saturated carbocycles. The summed E-state index contributed by atoms with van der Waals surface area (Å²) in [7, 11) is 0. The molecule has 110 valence electrons. The number of hydrogen-bond donors (Lipinski definition) is 2. The number of urea groups is 1. The van der Waals surface area contributed by atoms with Gasteiger partial charge in [0.1, 0.15) is 5.01 Å². The molecule has 2 amide bonds. The average molecular weight is 299 g/mol. The third-order valence-electron chi connectivity index (χ3n) is 3.02. The van der Waals surface area contributed by atoms with Crippen LogP contribution in [0, 0.1) is 6.92 Å². The Hall–Kier alpha value is -1.67. The van der Waals surface area contributed by atoms with Crippen molar-refractivity contribution in [2.24, 2.45) is 0 Å². The van der Waals surface area contributed by atoms with Crippen LogP contribution in [0.25, 0.3) is 0 Å². The molecule has 8 heteroatoms. The molecule has 0 spiro atoms. The summed E-state index contributed by atoms with van der Waals surface area (Å²) in [5, 5.41) is 12.7. The van der Waals surface area contributed by atoms with Crippen LogP contribution < -0.4 is 5.32 Å². The smallest absolute Gasteiger partial charge is 0.328 e. The zero-order valence-corrected chi connectivity index (χ0v) is 12.1. The molecule has 1 aromatic rings. The zero-order valence-electron chi connectivity index (χ0n) is 11.3. The van der Waals surface area contributed by atoms with E-state index in [1.807, 2.05) is 13.8 Å². The van der Waals surface area contributed by atoms with E-state index in [9.17, 15) is 9.59 Å². The van der Waals surface area contributed by atoms with Crippen molar-refractivity contribution in [1.82, 2.24) is 15.2 Å². The van der Waals surface area contributed by atoms with Gasteiger partial charge in [-0.2, -0.15) is 0 Å². The van der Waals surface area contributed by atoms with Gasteiger partial charge in [-0.15, -0.1) is 11.3 Å². The van der Waals surface area contributed by atoms with Crippen LogP contribution in [0.3, 0.4) is 0 Å². The summed E-state index contributed by atoms with van der Waals surface area (Å²) >= 11 is 1.51. The van der Waals surface area contributed by atoms with Gasteiger partial charge in [0, 0.05) is 17.6 Å². The molecule has 2 atom stereocenters. The van der Waals surface area contributed by atoms with E-state index in [4.69, 9.17) is 9.84 Å². The highest BCUT2D eigenvalue weighted by Crippen LogP contribution is 2.19. The van der Waals surface area contributed by atoms with Crippen molar-refractivity contribution < 1.29 is 19.4 Å². The molecule has 0 aromatic carbocycles. The number of aliphatic carboxylic acids is 1. The van der Waals surface area contributed by atoms with Gasteiger partial charge < -0.3 is 20.1 Å². The van der Waals surface area contributed by atoms with Crippen molar-refractivity contribution in [1.29, 1.82) is 0 Å². The summed E-state index contributed by atoms with van der Waals surface area (Å²) in [5.74, 6) is -1.06. The van der Waals surface area contributed by atoms with Crippen LogP contribution in [0.4, 0.5) is 4.79 Å². The maximum Gasteiger partial charge on any atom is 0.328 e. The highest BCUT2D eigenvalue weighted by atomic mass is 32.1. The minimum atomic E-state index is -1.06. The second-order valence-electron chi connectivity index (χ2n) is 4.60. The van der Waals surface area contributed by atoms with Gasteiger partial charge in [-0.1, -0.05) is 0 Å². The Kier molecular flexibility index (Phi) is 4.56. The zero-order chi connectivity index (χ0) is 14.7. The standard InChI is InChI=1S/C12H17N3O4S/c1-7-5-13-10(20-7)8(2)14-12(18)15-3-4-19-6-9(15)11(16)17/h5,8-9H,3-4,6H2,1-2H3,(H,14,18)(H,16,17). The number of aromatic nitrogens is 1. The average Bonchev–Trinajstić information content (AvgIpc) is 2.85. The lowest BCUT2D eigenvalue weighted by Gasteiger charge is -2.33. The minimum Gasteiger partial charge on any atom is -0.480 e. The minimum absolute atomic E-state index is 0.0213. The molecular weight excluding hydrogens is 282 g/mol. The Balaban J connectivity index is 2.01. The normalized spacial score (nSPS) is 20.5. The Bertz CT molecular complexity index is 505. The molecular formula is C12H17N3O4S. The molecule has 1 saturated heterocycles. The fourth-order valence-electron chi connectivity index (χ4n) is 1.95. The van der Waals surface area contributed by atoms with Crippen molar-refractivity contribution >= 4 is 23.3 Å². The largest absolute Gasteiger partial charge is 0.480 e. The summed E-state index contributed by atoms with van der Waals surface area (Å²) in [6.45, 7) is 4.41. The van der Waals surface area contributed by atoms with Crippen LogP contribution in [0.5, 0.6) is 0 Å². The van der Waals surface area contributed by atoms with Gasteiger partial charge in [0.15, 0.2) is 6.04 Å². The van der Waals surface area contributed by atoms with Crippen LogP contribution in [0.15, 0.2) is 6.20 Å². The second-order valence-corrected chi connectivity index (χ2v) is 5.87. The lowest BCUT2D eigenvalue weighted by atomic mass is 10.2. The number of hydrogen-bond acceptors (Lipinski definition) is 5. The van der Waals surface area contributed by atoms with E-state index in [0.717, 1.165) is 9.88 Å². The van der Waals surface area contributed by atoms with Crippen molar-refractivity contribution in [3.63, 3.8) is 0 Å². The first kappa shape index (κ1) is 14.7. The number of carbonyl (C=O) groups excluding carboxylic acids is 1. The Morgan fingerprint density at radius 1 is 1.65 bits per heavy atom. The monoisotopic (exact) mass is 299 g/mol. The number of thiazole rings is 1. The Morgan fingerprint density at radius 3 is 3.00 bits per heavy atom. The molecule has 7 nitrogen and oxygen atoms in total. The molecule has 0 aliphatic carbocycles. The lowest BCUT2D eigenvalue weighted by Crippen LogP contribution is -2.55. The van der Waals surface area contributed by atoms with Gasteiger partial charge >= 0.3 is 12.0 Å². The molecule has 0 bridgehead atoms. The topological polar surface area (TPSA) is 91.8 Å². The number of carboxylic acid groups (broad SMARTS) is 1. The van der Waals surface area contributed by atoms with Gasteiger partial charge in [-0.3, -0.25) is 0 Å². The first-order chi connectivity index (χ1) is 9.49. The quantitative estimate of drug-likeness (QED) is 0.869. The molecule has 2 rings (SSSR count). The third kappa shape index (κ3) is 3.26. The van der Waals surface area contributed by atoms with Gasteiger partial charge in [0.25, 0.3) is 0 Å². The number of rotatable bonds is 3. The number of nitrogens with zero attached hydrogens (tertiary/aromatic N) is 2. The third-order valence-corrected chi connectivity index (χ3v) is 4.12. The summed E-state index contributed by atoms with van der Waals surface area (Å²) in [6.07, 6.45) is 1.75. The first-order valence-electron chi connectivity index (χ1n) is 6.29. The Labute approximate surface area is 120 Å². The predicted molar refractivity (Wildman–Crippen MR) is 72.7 cm³/mol. The molecule has 1 aliphatic heterocycles. The SMILES string of the molecule is Cc1cnc(C(C)NC(=O)N2CCOCC2C(=O)O)s1. The lowest BCUT2D eigenvalue weighted by molar-refractivity contribution is -0.147. The van der Waals surface area contributed by atoms with E-state index >= 15 is 0 Å². The number of carboxylic acids is 1. The predicted octanol–water partition coefficient (Wildman–Crippen LogP) is 1.01. The van der Waals surface area contributed by atoms with Crippen LogP contribution in [-0.2, 0) is 9.53 Å². The molecule has 2 heterocycles. The number of carbonyl (C=O) groups is 2. The van der Waals surface area contributed by atoms with Crippen LogP contribution in [0.2, 0.25) is 0 Å². The number of aryl methyl sites for hydroxylation is 1. The molecule has 20 heavy (non-hydrogen) atoms. The van der Waals surface area contributed by atoms with Crippen molar-refractivity contribution in [3.8, 4) is 0 Å². The summed E-state index contributed by atoms with van der Waals surface area (Å²) in [5.41, 5.74) is 0. The van der Waals surface area contributed by atoms with Crippen LogP contribution >= 0.6 is 11.3 Å². The van der Waals surface area contributed by atoms with Crippen LogP contribution in [0.1, 0.15) is 22.9 Å². The molecule has 2 unspecified atom stereocenters. The summed E-state index contributed by atoms with van der Waals surface area (Å²) < 4.78 is 5.10. The summed E-state index contributed by atoms with van der Waals surface area (Å²) in [6, 6.07) is -1.59. The molecule has 0 radical (unpaired) electrons. The van der Waals surface area contributed by atoms with Crippen molar-refractivity contribution in [3.05, 3.63) is 16.1 Å². The van der Waals surface area contributed by atoms with Crippen molar-refractivity contribution in [2.75, 3.05) is 19.8 Å². The first-order valence-corrected chi connectivity index (χ1v) is 7.10. The number of amides is 2. The number of ether oxygens (including phenoxy) is 1. The van der Waals surface area contributed by atoms with Gasteiger partial charge in [0.2, 0.25) is 0 Å². The Morgan fingerprint density at radius 2 is 2.40 bits per heavy atom.